The fraction of sp³-hybridized carbons (Fsp3) is 0.500. The Hall–Kier alpha value is -0.770. The first-order valence-corrected chi connectivity index (χ1v) is 5.96. The standard InChI is InChI=1S/C12H17ClN2O/c13-10-4-1-2-5-11(10)16-9-12(8-14)6-3-7-15-12/h1-2,4-5,15H,3,6-9,14H2. The highest BCUT2D eigenvalue weighted by atomic mass is 35.5. The van der Waals surface area contributed by atoms with Crippen LogP contribution < -0.4 is 15.8 Å². The van der Waals surface area contributed by atoms with Crippen molar-refractivity contribution in [3.8, 4) is 5.75 Å². The summed E-state index contributed by atoms with van der Waals surface area (Å²) in [6.07, 6.45) is 2.22. The van der Waals surface area contributed by atoms with E-state index in [1.165, 1.54) is 0 Å². The average Bonchev–Trinajstić information content (AvgIpc) is 2.78. The number of ether oxygens (including phenoxy) is 1. The highest BCUT2D eigenvalue weighted by Crippen LogP contribution is 2.26. The summed E-state index contributed by atoms with van der Waals surface area (Å²) in [6, 6.07) is 7.51. The molecule has 0 radical (unpaired) electrons. The van der Waals surface area contributed by atoms with Crippen LogP contribution in [-0.2, 0) is 0 Å². The molecule has 1 atom stereocenters. The summed E-state index contributed by atoms with van der Waals surface area (Å²) in [5.41, 5.74) is 5.73. The topological polar surface area (TPSA) is 47.3 Å². The molecule has 1 heterocycles. The Morgan fingerprint density at radius 2 is 2.25 bits per heavy atom. The summed E-state index contributed by atoms with van der Waals surface area (Å²) < 4.78 is 5.74. The van der Waals surface area contributed by atoms with Crippen molar-refractivity contribution < 1.29 is 4.74 Å². The van der Waals surface area contributed by atoms with Gasteiger partial charge in [0.05, 0.1) is 10.6 Å². The van der Waals surface area contributed by atoms with E-state index in [9.17, 15) is 0 Å². The molecule has 1 saturated heterocycles. The number of hydrogen-bond acceptors (Lipinski definition) is 3. The number of nitrogens with one attached hydrogen (secondary N) is 1. The summed E-state index contributed by atoms with van der Waals surface area (Å²) in [6.45, 7) is 2.19. The quantitative estimate of drug-likeness (QED) is 0.844. The number of halogens is 1. The molecule has 1 fully saturated rings. The van der Waals surface area contributed by atoms with Crippen LogP contribution in [0.25, 0.3) is 0 Å². The fourth-order valence-corrected chi connectivity index (χ4v) is 2.19. The molecule has 0 bridgehead atoms. The first-order valence-electron chi connectivity index (χ1n) is 5.58. The number of para-hydroxylation sites is 1. The van der Waals surface area contributed by atoms with Crippen LogP contribution in [0.4, 0.5) is 0 Å². The first kappa shape index (κ1) is 11.7. The van der Waals surface area contributed by atoms with E-state index in [-0.39, 0.29) is 5.54 Å². The fourth-order valence-electron chi connectivity index (χ4n) is 2.00. The monoisotopic (exact) mass is 240 g/mol. The predicted octanol–water partition coefficient (Wildman–Crippen LogP) is 1.80. The summed E-state index contributed by atoms with van der Waals surface area (Å²) in [5.74, 6) is 0.727. The minimum atomic E-state index is -0.0703. The van der Waals surface area contributed by atoms with Crippen molar-refractivity contribution in [3.05, 3.63) is 29.3 Å². The Balaban J connectivity index is 1.98. The van der Waals surface area contributed by atoms with E-state index >= 15 is 0 Å². The highest BCUT2D eigenvalue weighted by molar-refractivity contribution is 6.32. The van der Waals surface area contributed by atoms with Gasteiger partial charge in [0, 0.05) is 6.54 Å². The van der Waals surface area contributed by atoms with Crippen molar-refractivity contribution in [2.45, 2.75) is 18.4 Å². The molecule has 1 aromatic carbocycles. The lowest BCUT2D eigenvalue weighted by Crippen LogP contribution is -2.51. The van der Waals surface area contributed by atoms with E-state index < -0.39 is 0 Å². The van der Waals surface area contributed by atoms with Gasteiger partial charge in [-0.3, -0.25) is 0 Å². The van der Waals surface area contributed by atoms with Crippen LogP contribution in [0.15, 0.2) is 24.3 Å². The maximum absolute atomic E-state index is 6.02. The molecular weight excluding hydrogens is 224 g/mol. The molecule has 0 saturated carbocycles. The molecule has 1 aliphatic rings. The summed E-state index contributed by atoms with van der Waals surface area (Å²) in [5, 5.41) is 4.06. The smallest absolute Gasteiger partial charge is 0.137 e. The van der Waals surface area contributed by atoms with Gasteiger partial charge in [-0.25, -0.2) is 0 Å². The highest BCUT2D eigenvalue weighted by Gasteiger charge is 2.32. The zero-order valence-corrected chi connectivity index (χ0v) is 9.96. The molecule has 3 nitrogen and oxygen atoms in total. The van der Waals surface area contributed by atoms with Gasteiger partial charge in [0.25, 0.3) is 0 Å². The molecule has 0 aromatic heterocycles. The number of hydrogen-bond donors (Lipinski definition) is 2. The van der Waals surface area contributed by atoms with Gasteiger partial charge in [-0.2, -0.15) is 0 Å². The van der Waals surface area contributed by atoms with Crippen LogP contribution in [0.1, 0.15) is 12.8 Å². The normalized spacial score (nSPS) is 24.6. The first-order chi connectivity index (χ1) is 7.76. The van der Waals surface area contributed by atoms with Crippen molar-refractivity contribution in [1.29, 1.82) is 0 Å². The summed E-state index contributed by atoms with van der Waals surface area (Å²) >= 11 is 6.02. The van der Waals surface area contributed by atoms with Gasteiger partial charge >= 0.3 is 0 Å². The summed E-state index contributed by atoms with van der Waals surface area (Å²) in [4.78, 5) is 0. The number of rotatable bonds is 4. The Labute approximate surface area is 101 Å². The van der Waals surface area contributed by atoms with E-state index in [2.05, 4.69) is 5.32 Å². The molecule has 3 N–H and O–H groups in total. The Bertz CT molecular complexity index is 351. The van der Waals surface area contributed by atoms with E-state index in [1.54, 1.807) is 0 Å². The van der Waals surface area contributed by atoms with Gasteiger partial charge in [0.15, 0.2) is 0 Å². The van der Waals surface area contributed by atoms with Crippen molar-refractivity contribution in [2.24, 2.45) is 5.73 Å². The van der Waals surface area contributed by atoms with Crippen LogP contribution in [0, 0.1) is 0 Å². The van der Waals surface area contributed by atoms with Gasteiger partial charge in [-0.15, -0.1) is 0 Å². The SMILES string of the molecule is NCC1(COc2ccccc2Cl)CCCN1. The molecular formula is C12H17ClN2O. The molecule has 16 heavy (non-hydrogen) atoms. The summed E-state index contributed by atoms with van der Waals surface area (Å²) in [7, 11) is 0. The van der Waals surface area contributed by atoms with Gasteiger partial charge < -0.3 is 15.8 Å². The van der Waals surface area contributed by atoms with E-state index in [0.717, 1.165) is 25.1 Å². The van der Waals surface area contributed by atoms with Gasteiger partial charge in [-0.05, 0) is 31.5 Å². The lowest BCUT2D eigenvalue weighted by molar-refractivity contribution is 0.203. The molecule has 1 aromatic rings. The van der Waals surface area contributed by atoms with Crippen LogP contribution in [0.3, 0.4) is 0 Å². The molecule has 1 aliphatic heterocycles. The minimum absolute atomic E-state index is 0.0703. The van der Waals surface area contributed by atoms with E-state index in [4.69, 9.17) is 22.1 Å². The molecule has 0 spiro atoms. The van der Waals surface area contributed by atoms with Crippen LogP contribution in [0.5, 0.6) is 5.75 Å². The van der Waals surface area contributed by atoms with E-state index in [1.807, 2.05) is 24.3 Å². The Kier molecular flexibility index (Phi) is 3.69. The van der Waals surface area contributed by atoms with Crippen LogP contribution in [-0.4, -0.2) is 25.2 Å². The Morgan fingerprint density at radius 3 is 2.88 bits per heavy atom. The third kappa shape index (κ3) is 2.48. The van der Waals surface area contributed by atoms with Crippen molar-refractivity contribution in [3.63, 3.8) is 0 Å². The third-order valence-corrected chi connectivity index (χ3v) is 3.38. The average molecular weight is 241 g/mol. The van der Waals surface area contributed by atoms with Crippen molar-refractivity contribution >= 4 is 11.6 Å². The van der Waals surface area contributed by atoms with Crippen LogP contribution in [0.2, 0.25) is 5.02 Å². The number of benzene rings is 1. The molecule has 1 unspecified atom stereocenters. The predicted molar refractivity (Wildman–Crippen MR) is 66.0 cm³/mol. The zero-order chi connectivity index (χ0) is 11.4. The molecule has 0 amide bonds. The lowest BCUT2D eigenvalue weighted by atomic mass is 9.99. The van der Waals surface area contributed by atoms with Crippen molar-refractivity contribution in [2.75, 3.05) is 19.7 Å². The molecule has 4 heteroatoms. The van der Waals surface area contributed by atoms with Crippen molar-refractivity contribution in [1.82, 2.24) is 5.32 Å². The Morgan fingerprint density at radius 1 is 1.44 bits per heavy atom. The molecule has 88 valence electrons. The van der Waals surface area contributed by atoms with Gasteiger partial charge in [-0.1, -0.05) is 23.7 Å². The lowest BCUT2D eigenvalue weighted by Gasteiger charge is -2.27. The van der Waals surface area contributed by atoms with Crippen LogP contribution >= 0.6 is 11.6 Å². The zero-order valence-electron chi connectivity index (χ0n) is 9.21. The molecule has 2 rings (SSSR count). The molecule has 0 aliphatic carbocycles. The minimum Gasteiger partial charge on any atom is -0.490 e. The second-order valence-electron chi connectivity index (χ2n) is 4.23. The largest absolute Gasteiger partial charge is 0.490 e. The third-order valence-electron chi connectivity index (χ3n) is 3.06. The maximum atomic E-state index is 6.02. The second kappa shape index (κ2) is 5.04. The van der Waals surface area contributed by atoms with E-state index in [0.29, 0.717) is 18.2 Å². The van der Waals surface area contributed by atoms with Gasteiger partial charge in [0.1, 0.15) is 12.4 Å². The number of nitrogens with two attached hydrogens (primary N) is 1. The maximum Gasteiger partial charge on any atom is 0.137 e. The second-order valence-corrected chi connectivity index (χ2v) is 4.64. The van der Waals surface area contributed by atoms with Gasteiger partial charge in [0.2, 0.25) is 0 Å².